The summed E-state index contributed by atoms with van der Waals surface area (Å²) >= 11 is 0. The molecule has 1 N–H and O–H groups in total. The molecule has 0 aromatic heterocycles. The van der Waals surface area contributed by atoms with Gasteiger partial charge in [-0.25, -0.2) is 13.1 Å². The molecule has 3 nitrogen and oxygen atoms in total. The Morgan fingerprint density at radius 2 is 1.71 bits per heavy atom. The van der Waals surface area contributed by atoms with Gasteiger partial charge in [0.05, 0.1) is 4.90 Å². The summed E-state index contributed by atoms with van der Waals surface area (Å²) < 4.78 is 28.3. The van der Waals surface area contributed by atoms with E-state index in [9.17, 15) is 8.42 Å². The number of sulfonamides is 1. The average Bonchev–Trinajstić information content (AvgIpc) is 3.00. The molecule has 1 atom stereocenters. The van der Waals surface area contributed by atoms with Gasteiger partial charge in [0, 0.05) is 11.4 Å². The van der Waals surface area contributed by atoms with Crippen LogP contribution in [0.1, 0.15) is 32.6 Å². The van der Waals surface area contributed by atoms with E-state index in [1.165, 1.54) is 12.8 Å². The fourth-order valence-electron chi connectivity index (χ4n) is 3.29. The topological polar surface area (TPSA) is 46.2 Å². The summed E-state index contributed by atoms with van der Waals surface area (Å²) in [5, 5.41) is 1.74. The molecule has 4 heteroatoms. The Bertz CT molecular complexity index is 728. The van der Waals surface area contributed by atoms with Gasteiger partial charge in [-0.1, -0.05) is 49.2 Å². The minimum Gasteiger partial charge on any atom is -0.208 e. The molecule has 0 radical (unpaired) electrons. The zero-order chi connectivity index (χ0) is 14.9. The third-order valence-corrected chi connectivity index (χ3v) is 6.10. The number of rotatable bonds is 4. The van der Waals surface area contributed by atoms with Crippen molar-refractivity contribution in [2.75, 3.05) is 0 Å². The molecule has 0 bridgehead atoms. The van der Waals surface area contributed by atoms with Crippen LogP contribution >= 0.6 is 0 Å². The second-order valence-corrected chi connectivity index (χ2v) is 7.61. The summed E-state index contributed by atoms with van der Waals surface area (Å²) in [7, 11) is -3.47. The molecule has 1 aliphatic carbocycles. The molecule has 21 heavy (non-hydrogen) atoms. The predicted molar refractivity (Wildman–Crippen MR) is 85.7 cm³/mol. The van der Waals surface area contributed by atoms with Gasteiger partial charge in [0.1, 0.15) is 0 Å². The van der Waals surface area contributed by atoms with Gasteiger partial charge in [-0.15, -0.1) is 0 Å². The Labute approximate surface area is 126 Å². The standard InChI is InChI=1S/C17H21NO2S/c1-13(14-7-2-3-8-14)18-21(19,20)17-12-6-10-15-9-4-5-11-16(15)17/h4-6,9-14,18H,2-3,7-8H2,1H3/t13-/m1/s1. The molecular weight excluding hydrogens is 282 g/mol. The molecule has 0 saturated heterocycles. The van der Waals surface area contributed by atoms with Crippen LogP contribution in [0.15, 0.2) is 47.4 Å². The Hall–Kier alpha value is -1.39. The smallest absolute Gasteiger partial charge is 0.208 e. The Kier molecular flexibility index (Phi) is 4.00. The number of benzene rings is 2. The van der Waals surface area contributed by atoms with E-state index < -0.39 is 10.0 Å². The summed E-state index contributed by atoms with van der Waals surface area (Å²) in [6, 6.07) is 13.0. The lowest BCUT2D eigenvalue weighted by atomic mass is 10.0. The van der Waals surface area contributed by atoms with Crippen molar-refractivity contribution < 1.29 is 8.42 Å². The molecule has 2 aromatic rings. The first-order chi connectivity index (χ1) is 10.1. The maximum absolute atomic E-state index is 12.7. The summed E-state index contributed by atoms with van der Waals surface area (Å²) in [6.45, 7) is 1.98. The fourth-order valence-corrected chi connectivity index (χ4v) is 4.83. The molecule has 112 valence electrons. The third kappa shape index (κ3) is 2.97. The van der Waals surface area contributed by atoms with Crippen LogP contribution in [0.5, 0.6) is 0 Å². The maximum atomic E-state index is 12.7. The van der Waals surface area contributed by atoms with Crippen LogP contribution < -0.4 is 4.72 Å². The molecule has 1 aliphatic rings. The second-order valence-electron chi connectivity index (χ2n) is 5.93. The highest BCUT2D eigenvalue weighted by atomic mass is 32.2. The lowest BCUT2D eigenvalue weighted by Gasteiger charge is -2.20. The molecule has 0 unspecified atom stereocenters. The summed E-state index contributed by atoms with van der Waals surface area (Å²) in [5.74, 6) is 0.467. The summed E-state index contributed by atoms with van der Waals surface area (Å²) in [4.78, 5) is 0.380. The van der Waals surface area contributed by atoms with Crippen molar-refractivity contribution in [3.63, 3.8) is 0 Å². The number of nitrogens with one attached hydrogen (secondary N) is 1. The van der Waals surface area contributed by atoms with Gasteiger partial charge < -0.3 is 0 Å². The quantitative estimate of drug-likeness (QED) is 0.936. The van der Waals surface area contributed by atoms with E-state index in [1.807, 2.05) is 37.3 Å². The van der Waals surface area contributed by atoms with Crippen LogP contribution in [-0.2, 0) is 10.0 Å². The highest BCUT2D eigenvalue weighted by Gasteiger charge is 2.26. The molecule has 0 amide bonds. The van der Waals surface area contributed by atoms with Gasteiger partial charge in [-0.05, 0) is 37.1 Å². The predicted octanol–water partition coefficient (Wildman–Crippen LogP) is 3.70. The lowest BCUT2D eigenvalue weighted by molar-refractivity contribution is 0.424. The van der Waals surface area contributed by atoms with E-state index >= 15 is 0 Å². The third-order valence-electron chi connectivity index (χ3n) is 4.49. The Morgan fingerprint density at radius 1 is 1.05 bits per heavy atom. The molecule has 0 spiro atoms. The molecule has 1 fully saturated rings. The second kappa shape index (κ2) is 5.78. The van der Waals surface area contributed by atoms with E-state index in [1.54, 1.807) is 12.1 Å². The van der Waals surface area contributed by atoms with E-state index in [0.29, 0.717) is 10.8 Å². The first kappa shape index (κ1) is 14.5. The maximum Gasteiger partial charge on any atom is 0.241 e. The Morgan fingerprint density at radius 3 is 2.48 bits per heavy atom. The highest BCUT2D eigenvalue weighted by molar-refractivity contribution is 7.89. The molecule has 1 saturated carbocycles. The van der Waals surface area contributed by atoms with Crippen LogP contribution in [0.3, 0.4) is 0 Å². The van der Waals surface area contributed by atoms with Crippen molar-refractivity contribution in [3.8, 4) is 0 Å². The molecule has 0 aliphatic heterocycles. The van der Waals surface area contributed by atoms with E-state index in [-0.39, 0.29) is 6.04 Å². The first-order valence-electron chi connectivity index (χ1n) is 7.58. The first-order valence-corrected chi connectivity index (χ1v) is 9.06. The van der Waals surface area contributed by atoms with E-state index in [0.717, 1.165) is 23.6 Å². The van der Waals surface area contributed by atoms with Gasteiger partial charge in [0.15, 0.2) is 0 Å². The van der Waals surface area contributed by atoms with Crippen LogP contribution in [0, 0.1) is 5.92 Å². The van der Waals surface area contributed by atoms with Gasteiger partial charge >= 0.3 is 0 Å². The molecular formula is C17H21NO2S. The molecule has 0 heterocycles. The van der Waals surface area contributed by atoms with Gasteiger partial charge in [-0.3, -0.25) is 0 Å². The normalized spacial score (nSPS) is 18.1. The van der Waals surface area contributed by atoms with E-state index in [2.05, 4.69) is 4.72 Å². The summed E-state index contributed by atoms with van der Waals surface area (Å²) in [5.41, 5.74) is 0. The zero-order valence-electron chi connectivity index (χ0n) is 12.2. The van der Waals surface area contributed by atoms with Crippen molar-refractivity contribution in [3.05, 3.63) is 42.5 Å². The van der Waals surface area contributed by atoms with Crippen molar-refractivity contribution in [1.29, 1.82) is 0 Å². The number of hydrogen-bond donors (Lipinski definition) is 1. The average molecular weight is 303 g/mol. The van der Waals surface area contributed by atoms with Crippen LogP contribution in [0.2, 0.25) is 0 Å². The van der Waals surface area contributed by atoms with Crippen LogP contribution in [0.25, 0.3) is 10.8 Å². The SMILES string of the molecule is C[C@@H](NS(=O)(=O)c1cccc2ccccc12)C1CCCC1. The van der Waals surface area contributed by atoms with Crippen molar-refractivity contribution in [1.82, 2.24) is 4.72 Å². The summed E-state index contributed by atoms with van der Waals surface area (Å²) in [6.07, 6.45) is 4.68. The van der Waals surface area contributed by atoms with Crippen molar-refractivity contribution in [2.45, 2.75) is 43.5 Å². The minimum atomic E-state index is -3.47. The number of fused-ring (bicyclic) bond motifs is 1. The van der Waals surface area contributed by atoms with Crippen molar-refractivity contribution in [2.24, 2.45) is 5.92 Å². The van der Waals surface area contributed by atoms with Gasteiger partial charge in [0.2, 0.25) is 10.0 Å². The monoisotopic (exact) mass is 303 g/mol. The van der Waals surface area contributed by atoms with Crippen LogP contribution in [-0.4, -0.2) is 14.5 Å². The van der Waals surface area contributed by atoms with E-state index in [4.69, 9.17) is 0 Å². The largest absolute Gasteiger partial charge is 0.241 e. The zero-order valence-corrected chi connectivity index (χ0v) is 13.1. The lowest BCUT2D eigenvalue weighted by Crippen LogP contribution is -2.37. The minimum absolute atomic E-state index is 0.00327. The molecule has 2 aromatic carbocycles. The van der Waals surface area contributed by atoms with Gasteiger partial charge in [0.25, 0.3) is 0 Å². The van der Waals surface area contributed by atoms with Gasteiger partial charge in [-0.2, -0.15) is 0 Å². The number of hydrogen-bond acceptors (Lipinski definition) is 2. The van der Waals surface area contributed by atoms with Crippen LogP contribution in [0.4, 0.5) is 0 Å². The Balaban J connectivity index is 1.93. The fraction of sp³-hybridized carbons (Fsp3) is 0.412. The van der Waals surface area contributed by atoms with Crippen molar-refractivity contribution >= 4 is 20.8 Å². The molecule has 3 rings (SSSR count). The highest BCUT2D eigenvalue weighted by Crippen LogP contribution is 2.29.